The molecule has 0 spiro atoms. The van der Waals surface area contributed by atoms with Gasteiger partial charge >= 0.3 is 11.9 Å². The molecule has 9 nitrogen and oxygen atoms in total. The van der Waals surface area contributed by atoms with E-state index < -0.39 is 32.5 Å². The summed E-state index contributed by atoms with van der Waals surface area (Å²) in [5, 5.41) is 0. The minimum Gasteiger partial charge on any atom is -0.756 e. The highest BCUT2D eigenvalue weighted by Gasteiger charge is 2.22. The predicted molar refractivity (Wildman–Crippen MR) is 314 cm³/mol. The first-order valence-corrected chi connectivity index (χ1v) is 32.8. The van der Waals surface area contributed by atoms with Crippen LogP contribution < -0.4 is 4.89 Å². The molecule has 2 atom stereocenters. The molecule has 0 saturated heterocycles. The summed E-state index contributed by atoms with van der Waals surface area (Å²) in [6.07, 6.45) is 70.4. The number of hydrogen-bond donors (Lipinski definition) is 0. The fraction of sp³-hybridized carbons (Fsp3) is 0.844. The molecule has 0 heterocycles. The van der Waals surface area contributed by atoms with Crippen LogP contribution in [-0.4, -0.2) is 70.0 Å². The molecule has 0 aromatic heterocycles. The van der Waals surface area contributed by atoms with E-state index in [4.69, 9.17) is 18.5 Å². The van der Waals surface area contributed by atoms with Crippen LogP contribution in [0, 0.1) is 0 Å². The van der Waals surface area contributed by atoms with Crippen LogP contribution in [0.1, 0.15) is 296 Å². The Morgan fingerprint density at radius 3 is 1.09 bits per heavy atom. The third kappa shape index (κ3) is 59.2. The second-order valence-corrected chi connectivity index (χ2v) is 23.8. The first-order chi connectivity index (χ1) is 36.0. The molecule has 434 valence electrons. The zero-order valence-corrected chi connectivity index (χ0v) is 50.2. The number of quaternary nitrogens is 1. The van der Waals surface area contributed by atoms with Crippen molar-refractivity contribution < 1.29 is 42.1 Å². The molecule has 0 aromatic rings. The van der Waals surface area contributed by atoms with Gasteiger partial charge in [-0.05, 0) is 77.0 Å². The zero-order valence-electron chi connectivity index (χ0n) is 49.3. The molecule has 0 bridgehead atoms. The Labute approximate surface area is 458 Å². The highest BCUT2D eigenvalue weighted by Crippen LogP contribution is 2.38. The van der Waals surface area contributed by atoms with Crippen molar-refractivity contribution >= 4 is 19.8 Å². The van der Waals surface area contributed by atoms with E-state index in [2.05, 4.69) is 62.5 Å². The van der Waals surface area contributed by atoms with Crippen molar-refractivity contribution in [2.24, 2.45) is 0 Å². The number of ether oxygens (including phenoxy) is 2. The monoisotopic (exact) mass is 1060 g/mol. The Kier molecular flexibility index (Phi) is 54.2. The lowest BCUT2D eigenvalue weighted by Gasteiger charge is -2.28. The molecule has 0 aliphatic rings. The Hall–Kier alpha value is -2.03. The van der Waals surface area contributed by atoms with Gasteiger partial charge in [-0.25, -0.2) is 0 Å². The molecule has 2 unspecified atom stereocenters. The number of carbonyl (C=O) groups is 2. The summed E-state index contributed by atoms with van der Waals surface area (Å²) in [6, 6.07) is 0. The van der Waals surface area contributed by atoms with Crippen molar-refractivity contribution in [1.82, 2.24) is 0 Å². The van der Waals surface area contributed by atoms with Crippen molar-refractivity contribution in [1.29, 1.82) is 0 Å². The van der Waals surface area contributed by atoms with E-state index in [-0.39, 0.29) is 26.1 Å². The second-order valence-electron chi connectivity index (χ2n) is 22.4. The number of unbranched alkanes of at least 4 members (excludes halogenated alkanes) is 36. The molecule has 10 heteroatoms. The third-order valence-corrected chi connectivity index (χ3v) is 14.8. The van der Waals surface area contributed by atoms with Crippen LogP contribution in [-0.2, 0) is 32.7 Å². The number of likely N-dealkylation sites (N-methyl/N-ethyl adjacent to an activating group) is 1. The van der Waals surface area contributed by atoms with Gasteiger partial charge in [-0.1, -0.05) is 255 Å². The first-order valence-electron chi connectivity index (χ1n) is 31.3. The van der Waals surface area contributed by atoms with Gasteiger partial charge in [-0.2, -0.15) is 0 Å². The molecule has 0 aliphatic heterocycles. The average Bonchev–Trinajstić information content (AvgIpc) is 3.36. The first kappa shape index (κ1) is 72.0. The molecule has 0 N–H and O–H groups in total. The second kappa shape index (κ2) is 55.7. The lowest BCUT2D eigenvalue weighted by atomic mass is 10.0. The minimum atomic E-state index is -4.64. The largest absolute Gasteiger partial charge is 0.756 e. The highest BCUT2D eigenvalue weighted by molar-refractivity contribution is 7.45. The summed E-state index contributed by atoms with van der Waals surface area (Å²) >= 11 is 0. The Morgan fingerprint density at radius 1 is 0.419 bits per heavy atom. The number of carbonyl (C=O) groups excluding carboxylic acids is 2. The van der Waals surface area contributed by atoms with Gasteiger partial charge in [0.05, 0.1) is 27.7 Å². The van der Waals surface area contributed by atoms with E-state index in [1.165, 1.54) is 199 Å². The fourth-order valence-corrected chi connectivity index (χ4v) is 9.68. The van der Waals surface area contributed by atoms with E-state index in [9.17, 15) is 19.0 Å². The maximum Gasteiger partial charge on any atom is 0.306 e. The molecule has 0 aliphatic carbocycles. The lowest BCUT2D eigenvalue weighted by Crippen LogP contribution is -2.37. The summed E-state index contributed by atoms with van der Waals surface area (Å²) in [5.74, 6) is -0.838. The van der Waals surface area contributed by atoms with Gasteiger partial charge in [0.15, 0.2) is 6.10 Å². The summed E-state index contributed by atoms with van der Waals surface area (Å²) in [5.41, 5.74) is 0. The number of hydrogen-bond acceptors (Lipinski definition) is 8. The summed E-state index contributed by atoms with van der Waals surface area (Å²) in [6.45, 7) is 4.22. The maximum atomic E-state index is 12.8. The average molecular weight is 1060 g/mol. The predicted octanol–water partition coefficient (Wildman–Crippen LogP) is 19.1. The smallest absolute Gasteiger partial charge is 0.306 e. The Morgan fingerprint density at radius 2 is 0.730 bits per heavy atom. The molecule has 0 fully saturated rings. The summed E-state index contributed by atoms with van der Waals surface area (Å²) in [4.78, 5) is 37.8. The molecular formula is C64H120NO8P. The van der Waals surface area contributed by atoms with Crippen molar-refractivity contribution in [2.75, 3.05) is 47.5 Å². The quantitative estimate of drug-likeness (QED) is 0.0195. The SMILES string of the molecule is CCCCC/C=C\C/C=C\CCCCCCCC(=O)OCC(COP(=O)([O-])OCC[N+](C)(C)C)OC(=O)CCCCCCCCCCCCCCCCCCCCCCCCC/C=C\C/C=C\CCCCCCC. The van der Waals surface area contributed by atoms with Gasteiger partial charge < -0.3 is 27.9 Å². The Balaban J connectivity index is 3.97. The van der Waals surface area contributed by atoms with E-state index in [0.29, 0.717) is 23.9 Å². The van der Waals surface area contributed by atoms with Crippen molar-refractivity contribution in [3.8, 4) is 0 Å². The highest BCUT2D eigenvalue weighted by atomic mass is 31.2. The number of nitrogens with zero attached hydrogens (tertiary/aromatic N) is 1. The molecule has 0 radical (unpaired) electrons. The molecule has 0 saturated carbocycles. The van der Waals surface area contributed by atoms with Gasteiger partial charge in [-0.3, -0.25) is 14.2 Å². The minimum absolute atomic E-state index is 0.0323. The topological polar surface area (TPSA) is 111 Å². The molecule has 0 aromatic carbocycles. The molecular weight excluding hydrogens is 942 g/mol. The number of esters is 2. The number of allylic oxidation sites excluding steroid dienone is 8. The van der Waals surface area contributed by atoms with E-state index in [1.54, 1.807) is 0 Å². The van der Waals surface area contributed by atoms with Crippen molar-refractivity contribution in [3.63, 3.8) is 0 Å². The number of rotatable bonds is 58. The molecule has 0 amide bonds. The van der Waals surface area contributed by atoms with Gasteiger partial charge in [0.1, 0.15) is 19.8 Å². The van der Waals surface area contributed by atoms with Gasteiger partial charge in [0, 0.05) is 12.8 Å². The van der Waals surface area contributed by atoms with Crippen LogP contribution >= 0.6 is 7.82 Å². The van der Waals surface area contributed by atoms with Gasteiger partial charge in [0.25, 0.3) is 7.82 Å². The standard InChI is InChI=1S/C64H120NO8P/c1-6-8-10-12-14-16-18-20-22-23-24-25-26-27-28-29-30-31-32-33-34-35-36-37-38-39-40-41-43-45-47-49-51-53-55-57-64(67)73-62(61-72-74(68,69)71-59-58-65(3,4)5)60-70-63(66)56-54-52-50-48-46-44-42-21-19-17-15-13-11-9-7-2/h15,17-18,20-21,23-24,42,62H,6-14,16,19,22,25-41,43-61H2,1-5H3/b17-15-,20-18-,24-23-,42-21-. The molecule has 74 heavy (non-hydrogen) atoms. The molecule has 0 rings (SSSR count). The van der Waals surface area contributed by atoms with Crippen LogP contribution in [0.25, 0.3) is 0 Å². The van der Waals surface area contributed by atoms with E-state index >= 15 is 0 Å². The number of phosphoric acid groups is 1. The summed E-state index contributed by atoms with van der Waals surface area (Å²) in [7, 11) is 1.17. The van der Waals surface area contributed by atoms with Gasteiger partial charge in [0.2, 0.25) is 0 Å². The van der Waals surface area contributed by atoms with E-state index in [1.807, 2.05) is 21.1 Å². The number of phosphoric ester groups is 1. The van der Waals surface area contributed by atoms with Gasteiger partial charge in [-0.15, -0.1) is 0 Å². The maximum absolute atomic E-state index is 12.8. The van der Waals surface area contributed by atoms with Crippen LogP contribution in [0.5, 0.6) is 0 Å². The van der Waals surface area contributed by atoms with Crippen LogP contribution in [0.4, 0.5) is 0 Å². The van der Waals surface area contributed by atoms with Crippen LogP contribution in [0.15, 0.2) is 48.6 Å². The fourth-order valence-electron chi connectivity index (χ4n) is 8.95. The van der Waals surface area contributed by atoms with Crippen LogP contribution in [0.3, 0.4) is 0 Å². The van der Waals surface area contributed by atoms with Crippen LogP contribution in [0.2, 0.25) is 0 Å². The third-order valence-electron chi connectivity index (χ3n) is 13.8. The Bertz CT molecular complexity index is 1390. The van der Waals surface area contributed by atoms with E-state index in [0.717, 1.165) is 57.8 Å². The summed E-state index contributed by atoms with van der Waals surface area (Å²) < 4.78 is 34.1. The normalized spacial score (nSPS) is 13.5. The zero-order chi connectivity index (χ0) is 54.2. The van der Waals surface area contributed by atoms with Crippen molar-refractivity contribution in [2.45, 2.75) is 302 Å². The van der Waals surface area contributed by atoms with Crippen molar-refractivity contribution in [3.05, 3.63) is 48.6 Å². The lowest BCUT2D eigenvalue weighted by molar-refractivity contribution is -0.870.